The molecule has 1 saturated heterocycles. The maximum Gasteiger partial charge on any atom is 0.271 e. The van der Waals surface area contributed by atoms with Gasteiger partial charge < -0.3 is 10.2 Å². The number of carbonyl (C=O) groups is 1. The van der Waals surface area contributed by atoms with E-state index < -0.39 is 4.92 Å². The second kappa shape index (κ2) is 6.60. The van der Waals surface area contributed by atoms with E-state index in [-0.39, 0.29) is 33.2 Å². The van der Waals surface area contributed by atoms with Crippen LogP contribution >= 0.6 is 23.2 Å². The van der Waals surface area contributed by atoms with E-state index in [1.54, 1.807) is 11.9 Å². The van der Waals surface area contributed by atoms with Crippen molar-refractivity contribution in [2.45, 2.75) is 18.9 Å². The molecule has 0 aliphatic carbocycles. The van der Waals surface area contributed by atoms with Gasteiger partial charge in [0.15, 0.2) is 0 Å². The Hall–Kier alpha value is -1.37. The Morgan fingerprint density at radius 3 is 2.76 bits per heavy atom. The van der Waals surface area contributed by atoms with Gasteiger partial charge in [0.05, 0.1) is 20.5 Å². The minimum absolute atomic E-state index is 0.00406. The van der Waals surface area contributed by atoms with E-state index in [2.05, 4.69) is 5.32 Å². The number of halogens is 2. The third-order valence-corrected chi connectivity index (χ3v) is 4.40. The fourth-order valence-corrected chi connectivity index (χ4v) is 2.76. The molecule has 2 rings (SSSR count). The average Bonchev–Trinajstić information content (AvgIpc) is 2.49. The van der Waals surface area contributed by atoms with Crippen LogP contribution in [0.2, 0.25) is 10.0 Å². The number of nitro benzene ring substituents is 1. The van der Waals surface area contributed by atoms with Crippen LogP contribution < -0.4 is 5.32 Å². The maximum atomic E-state index is 12.5. The number of hydrogen-bond donors (Lipinski definition) is 1. The second-order valence-corrected chi connectivity index (χ2v) is 5.75. The van der Waals surface area contributed by atoms with Gasteiger partial charge in [-0.05, 0) is 19.4 Å². The molecule has 1 aliphatic heterocycles. The van der Waals surface area contributed by atoms with Crippen LogP contribution in [0.3, 0.4) is 0 Å². The predicted octanol–water partition coefficient (Wildman–Crippen LogP) is 2.73. The first-order valence-electron chi connectivity index (χ1n) is 6.53. The molecule has 1 fully saturated rings. The van der Waals surface area contributed by atoms with Crippen LogP contribution in [0.25, 0.3) is 0 Å². The van der Waals surface area contributed by atoms with Crippen LogP contribution in [-0.4, -0.2) is 41.9 Å². The molecule has 0 spiro atoms. The van der Waals surface area contributed by atoms with E-state index in [4.69, 9.17) is 23.2 Å². The molecule has 1 aliphatic rings. The lowest BCUT2D eigenvalue weighted by Crippen LogP contribution is -2.46. The van der Waals surface area contributed by atoms with Gasteiger partial charge in [-0.3, -0.25) is 14.9 Å². The van der Waals surface area contributed by atoms with E-state index in [0.29, 0.717) is 6.54 Å². The van der Waals surface area contributed by atoms with Crippen LogP contribution in [0.4, 0.5) is 5.69 Å². The summed E-state index contributed by atoms with van der Waals surface area (Å²) in [6.45, 7) is 1.63. The topological polar surface area (TPSA) is 75.5 Å². The van der Waals surface area contributed by atoms with Gasteiger partial charge in [-0.25, -0.2) is 0 Å². The zero-order valence-electron chi connectivity index (χ0n) is 11.4. The summed E-state index contributed by atoms with van der Waals surface area (Å²) in [5.41, 5.74) is -0.188. The van der Waals surface area contributed by atoms with Gasteiger partial charge in [0.1, 0.15) is 0 Å². The number of amides is 1. The van der Waals surface area contributed by atoms with E-state index >= 15 is 0 Å². The number of nitro groups is 1. The van der Waals surface area contributed by atoms with Gasteiger partial charge in [0, 0.05) is 31.8 Å². The Morgan fingerprint density at radius 2 is 2.19 bits per heavy atom. The molecule has 1 N–H and O–H groups in total. The smallest absolute Gasteiger partial charge is 0.271 e. The van der Waals surface area contributed by atoms with Gasteiger partial charge >= 0.3 is 0 Å². The molecule has 1 aromatic rings. The van der Waals surface area contributed by atoms with Crippen LogP contribution in [0.15, 0.2) is 12.1 Å². The standard InChI is InChI=1S/C13H15Cl2N3O3/c1-17(8-3-2-4-16-7-8)13(19)10-5-9(18(20)21)6-11(14)12(10)15/h5-6,8,16H,2-4,7H2,1H3. The first kappa shape index (κ1) is 16.0. The molecule has 1 atom stereocenters. The summed E-state index contributed by atoms with van der Waals surface area (Å²) in [4.78, 5) is 24.4. The van der Waals surface area contributed by atoms with Gasteiger partial charge in [-0.1, -0.05) is 23.2 Å². The van der Waals surface area contributed by atoms with E-state index in [0.717, 1.165) is 25.5 Å². The summed E-state index contributed by atoms with van der Waals surface area (Å²) in [5.74, 6) is -0.362. The summed E-state index contributed by atoms with van der Waals surface area (Å²) in [6.07, 6.45) is 1.86. The van der Waals surface area contributed by atoms with Crippen molar-refractivity contribution in [3.05, 3.63) is 37.9 Å². The number of piperidine rings is 1. The number of benzene rings is 1. The molecule has 0 radical (unpaired) electrons. The molecule has 1 amide bonds. The van der Waals surface area contributed by atoms with Crippen molar-refractivity contribution in [1.29, 1.82) is 0 Å². The Bertz CT molecular complexity index is 574. The summed E-state index contributed by atoms with van der Waals surface area (Å²) in [7, 11) is 1.67. The fraction of sp³-hybridized carbons (Fsp3) is 0.462. The molecular formula is C13H15Cl2N3O3. The molecule has 8 heteroatoms. The van der Waals surface area contributed by atoms with Crippen molar-refractivity contribution in [3.63, 3.8) is 0 Å². The fourth-order valence-electron chi connectivity index (χ4n) is 2.36. The number of carbonyl (C=O) groups excluding carboxylic acids is 1. The molecular weight excluding hydrogens is 317 g/mol. The lowest BCUT2D eigenvalue weighted by molar-refractivity contribution is -0.384. The minimum Gasteiger partial charge on any atom is -0.337 e. The highest BCUT2D eigenvalue weighted by atomic mass is 35.5. The SMILES string of the molecule is CN(C(=O)c1cc([N+](=O)[O-])cc(Cl)c1Cl)C1CCCNC1. The third-order valence-electron chi connectivity index (χ3n) is 3.59. The zero-order valence-corrected chi connectivity index (χ0v) is 12.9. The average molecular weight is 332 g/mol. The van der Waals surface area contributed by atoms with Crippen LogP contribution in [0.5, 0.6) is 0 Å². The van der Waals surface area contributed by atoms with Gasteiger partial charge in [-0.2, -0.15) is 0 Å². The molecule has 1 heterocycles. The first-order chi connectivity index (χ1) is 9.91. The van der Waals surface area contributed by atoms with Crippen molar-refractivity contribution in [3.8, 4) is 0 Å². The Morgan fingerprint density at radius 1 is 1.48 bits per heavy atom. The normalized spacial score (nSPS) is 18.3. The summed E-state index contributed by atoms with van der Waals surface area (Å²) in [5, 5.41) is 14.1. The highest BCUT2D eigenvalue weighted by Crippen LogP contribution is 2.32. The van der Waals surface area contributed by atoms with Crippen molar-refractivity contribution < 1.29 is 9.72 Å². The minimum atomic E-state index is -0.596. The molecule has 6 nitrogen and oxygen atoms in total. The van der Waals surface area contributed by atoms with Crippen LogP contribution in [0.1, 0.15) is 23.2 Å². The Kier molecular flexibility index (Phi) is 5.03. The van der Waals surface area contributed by atoms with Crippen LogP contribution in [-0.2, 0) is 0 Å². The highest BCUT2D eigenvalue weighted by molar-refractivity contribution is 6.44. The van der Waals surface area contributed by atoms with E-state index in [1.165, 1.54) is 6.07 Å². The third kappa shape index (κ3) is 3.45. The number of likely N-dealkylation sites (N-methyl/N-ethyl adjacent to an activating group) is 1. The number of nitrogens with zero attached hydrogens (tertiary/aromatic N) is 2. The van der Waals surface area contributed by atoms with Crippen molar-refractivity contribution in [2.75, 3.05) is 20.1 Å². The van der Waals surface area contributed by atoms with Gasteiger partial charge in [0.25, 0.3) is 11.6 Å². The summed E-state index contributed by atoms with van der Waals surface area (Å²) >= 11 is 11.9. The molecule has 1 aromatic carbocycles. The largest absolute Gasteiger partial charge is 0.337 e. The van der Waals surface area contributed by atoms with E-state index in [9.17, 15) is 14.9 Å². The summed E-state index contributed by atoms with van der Waals surface area (Å²) < 4.78 is 0. The Balaban J connectivity index is 2.31. The molecule has 21 heavy (non-hydrogen) atoms. The van der Waals surface area contributed by atoms with Crippen molar-refractivity contribution in [2.24, 2.45) is 0 Å². The monoisotopic (exact) mass is 331 g/mol. The quantitative estimate of drug-likeness (QED) is 0.682. The summed E-state index contributed by atoms with van der Waals surface area (Å²) in [6, 6.07) is 2.35. The predicted molar refractivity (Wildman–Crippen MR) is 81.1 cm³/mol. The zero-order chi connectivity index (χ0) is 15.6. The molecule has 1 unspecified atom stereocenters. The van der Waals surface area contributed by atoms with Gasteiger partial charge in [0.2, 0.25) is 0 Å². The van der Waals surface area contributed by atoms with Crippen molar-refractivity contribution in [1.82, 2.24) is 10.2 Å². The molecule has 0 bridgehead atoms. The molecule has 114 valence electrons. The van der Waals surface area contributed by atoms with Crippen molar-refractivity contribution >= 4 is 34.8 Å². The second-order valence-electron chi connectivity index (χ2n) is 4.96. The molecule has 0 saturated carbocycles. The lowest BCUT2D eigenvalue weighted by Gasteiger charge is -2.32. The number of rotatable bonds is 3. The number of nitrogens with one attached hydrogen (secondary N) is 1. The number of hydrogen-bond acceptors (Lipinski definition) is 4. The van der Waals surface area contributed by atoms with Crippen LogP contribution in [0, 0.1) is 10.1 Å². The first-order valence-corrected chi connectivity index (χ1v) is 7.28. The van der Waals surface area contributed by atoms with Gasteiger partial charge in [-0.15, -0.1) is 0 Å². The molecule has 0 aromatic heterocycles. The lowest BCUT2D eigenvalue weighted by atomic mass is 10.0. The maximum absolute atomic E-state index is 12.5. The van der Waals surface area contributed by atoms with E-state index in [1.807, 2.05) is 0 Å². The number of non-ortho nitro benzene ring substituents is 1. The highest BCUT2D eigenvalue weighted by Gasteiger charge is 2.26. The Labute approximate surface area is 132 Å².